The van der Waals surface area contributed by atoms with E-state index in [1.807, 2.05) is 32.6 Å². The van der Waals surface area contributed by atoms with Crippen LogP contribution in [0, 0.1) is 0 Å². The van der Waals surface area contributed by atoms with Gasteiger partial charge in [0.1, 0.15) is 5.78 Å². The molecule has 0 aliphatic rings. The molecule has 78 valence electrons. The summed E-state index contributed by atoms with van der Waals surface area (Å²) in [5.41, 5.74) is 0. The van der Waals surface area contributed by atoms with Gasteiger partial charge in [0.25, 0.3) is 0 Å². The van der Waals surface area contributed by atoms with Crippen molar-refractivity contribution in [3.63, 3.8) is 0 Å². The minimum atomic E-state index is -0.0721. The van der Waals surface area contributed by atoms with Crippen molar-refractivity contribution >= 4 is 5.78 Å². The smallest absolute Gasteiger partial charge is 0.149 e. The van der Waals surface area contributed by atoms with E-state index in [2.05, 4.69) is 0 Å². The molecule has 0 saturated carbocycles. The van der Waals surface area contributed by atoms with Gasteiger partial charge >= 0.3 is 0 Å². The van der Waals surface area contributed by atoms with E-state index in [0.29, 0.717) is 19.0 Å². The molecule has 0 aliphatic carbocycles. The maximum Gasteiger partial charge on any atom is 0.149 e. The number of rotatable bonds is 6. The van der Waals surface area contributed by atoms with Crippen LogP contribution in [0.5, 0.6) is 0 Å². The van der Waals surface area contributed by atoms with Gasteiger partial charge in [0.05, 0.1) is 12.6 Å². The lowest BCUT2D eigenvalue weighted by atomic mass is 10.1. The van der Waals surface area contributed by atoms with Gasteiger partial charge in [0.2, 0.25) is 0 Å². The van der Waals surface area contributed by atoms with E-state index >= 15 is 0 Å². The molecule has 0 spiro atoms. The van der Waals surface area contributed by atoms with E-state index in [-0.39, 0.29) is 18.4 Å². The Bertz CT molecular complexity index is 157. The van der Waals surface area contributed by atoms with Crippen LogP contribution in [-0.4, -0.2) is 41.0 Å². The normalized spacial score (nSPS) is 13.8. The second-order valence-electron chi connectivity index (χ2n) is 3.55. The second-order valence-corrected chi connectivity index (χ2v) is 3.55. The summed E-state index contributed by atoms with van der Waals surface area (Å²) < 4.78 is 0. The van der Waals surface area contributed by atoms with Crippen LogP contribution in [0.4, 0.5) is 0 Å². The van der Waals surface area contributed by atoms with Gasteiger partial charge in [0, 0.05) is 19.0 Å². The molecule has 0 aromatic heterocycles. The number of carbonyl (C=O) groups is 1. The highest BCUT2D eigenvalue weighted by atomic mass is 16.3. The van der Waals surface area contributed by atoms with Gasteiger partial charge in [-0.1, -0.05) is 6.92 Å². The number of nitrogens with zero attached hydrogens (tertiary/aromatic N) is 1. The molecule has 0 saturated heterocycles. The lowest BCUT2D eigenvalue weighted by Crippen LogP contribution is -2.44. The highest BCUT2D eigenvalue weighted by Crippen LogP contribution is 2.07. The maximum absolute atomic E-state index is 11.4. The van der Waals surface area contributed by atoms with Crippen LogP contribution < -0.4 is 0 Å². The molecule has 1 unspecified atom stereocenters. The molecular weight excluding hydrogens is 166 g/mol. The predicted octanol–water partition coefficient (Wildman–Crippen LogP) is 1.06. The fourth-order valence-corrected chi connectivity index (χ4v) is 1.49. The van der Waals surface area contributed by atoms with E-state index in [1.165, 1.54) is 0 Å². The third-order valence-electron chi connectivity index (χ3n) is 2.33. The van der Waals surface area contributed by atoms with Gasteiger partial charge in [-0.05, 0) is 20.8 Å². The van der Waals surface area contributed by atoms with Crippen molar-refractivity contribution in [1.29, 1.82) is 0 Å². The van der Waals surface area contributed by atoms with Crippen LogP contribution in [0.3, 0.4) is 0 Å². The molecule has 3 heteroatoms. The first-order valence-corrected chi connectivity index (χ1v) is 4.93. The fourth-order valence-electron chi connectivity index (χ4n) is 1.49. The molecule has 0 aromatic carbocycles. The van der Waals surface area contributed by atoms with Gasteiger partial charge in [0.15, 0.2) is 0 Å². The maximum atomic E-state index is 11.4. The molecule has 0 heterocycles. The van der Waals surface area contributed by atoms with Gasteiger partial charge in [-0.25, -0.2) is 0 Å². The summed E-state index contributed by atoms with van der Waals surface area (Å²) in [7, 11) is 0. The molecule has 0 aromatic rings. The van der Waals surface area contributed by atoms with E-state index in [4.69, 9.17) is 5.11 Å². The van der Waals surface area contributed by atoms with Crippen molar-refractivity contribution in [1.82, 2.24) is 4.90 Å². The molecule has 0 bridgehead atoms. The number of aliphatic hydroxyl groups excluding tert-OH is 1. The molecule has 1 N–H and O–H groups in total. The molecule has 13 heavy (non-hydrogen) atoms. The van der Waals surface area contributed by atoms with Gasteiger partial charge < -0.3 is 5.11 Å². The molecule has 1 atom stereocenters. The molecule has 3 nitrogen and oxygen atoms in total. The van der Waals surface area contributed by atoms with Gasteiger partial charge in [-0.15, -0.1) is 0 Å². The third kappa shape index (κ3) is 3.87. The third-order valence-corrected chi connectivity index (χ3v) is 2.33. The van der Waals surface area contributed by atoms with Gasteiger partial charge in [-0.2, -0.15) is 0 Å². The summed E-state index contributed by atoms with van der Waals surface area (Å²) in [5.74, 6) is 0.238. The van der Waals surface area contributed by atoms with Crippen molar-refractivity contribution in [2.24, 2.45) is 0 Å². The van der Waals surface area contributed by atoms with Crippen molar-refractivity contribution in [3.8, 4) is 0 Å². The average Bonchev–Trinajstić information content (AvgIpc) is 2.11. The lowest BCUT2D eigenvalue weighted by molar-refractivity contribution is -0.124. The average molecular weight is 187 g/mol. The first-order valence-electron chi connectivity index (χ1n) is 4.93. The summed E-state index contributed by atoms with van der Waals surface area (Å²) in [6.07, 6.45) is 0.565. The Balaban J connectivity index is 4.26. The summed E-state index contributed by atoms with van der Waals surface area (Å²) in [6, 6.07) is 0.231. The highest BCUT2D eigenvalue weighted by molar-refractivity contribution is 5.83. The van der Waals surface area contributed by atoms with Crippen LogP contribution >= 0.6 is 0 Å². The summed E-state index contributed by atoms with van der Waals surface area (Å²) in [5, 5.41) is 8.84. The predicted molar refractivity (Wildman–Crippen MR) is 53.7 cm³/mol. The largest absolute Gasteiger partial charge is 0.395 e. The van der Waals surface area contributed by atoms with Crippen molar-refractivity contribution in [3.05, 3.63) is 0 Å². The van der Waals surface area contributed by atoms with Crippen LogP contribution in [0.25, 0.3) is 0 Å². The first-order chi connectivity index (χ1) is 6.04. The first kappa shape index (κ1) is 12.6. The van der Waals surface area contributed by atoms with Gasteiger partial charge in [-0.3, -0.25) is 9.69 Å². The molecule has 0 aliphatic heterocycles. The Labute approximate surface area is 80.7 Å². The Hall–Kier alpha value is -0.410. The Morgan fingerprint density at radius 1 is 1.38 bits per heavy atom. The zero-order chi connectivity index (χ0) is 10.4. The summed E-state index contributed by atoms with van der Waals surface area (Å²) in [4.78, 5) is 13.4. The number of ketones is 1. The minimum Gasteiger partial charge on any atom is -0.395 e. The fraction of sp³-hybridized carbons (Fsp3) is 0.900. The molecule has 0 amide bonds. The summed E-state index contributed by atoms with van der Waals surface area (Å²) >= 11 is 0. The molecular formula is C10H21NO2. The van der Waals surface area contributed by atoms with E-state index < -0.39 is 0 Å². The second kappa shape index (κ2) is 6.11. The van der Waals surface area contributed by atoms with Crippen molar-refractivity contribution in [2.45, 2.75) is 46.2 Å². The topological polar surface area (TPSA) is 40.5 Å². The van der Waals surface area contributed by atoms with Crippen LogP contribution in [-0.2, 0) is 4.79 Å². The highest BCUT2D eigenvalue weighted by Gasteiger charge is 2.21. The Morgan fingerprint density at radius 3 is 2.23 bits per heavy atom. The molecule has 0 rings (SSSR count). The SMILES string of the molecule is CCC(=O)C(C)N(CCO)C(C)C. The van der Waals surface area contributed by atoms with Crippen LogP contribution in [0.15, 0.2) is 0 Å². The quantitative estimate of drug-likeness (QED) is 0.676. The van der Waals surface area contributed by atoms with Crippen LogP contribution in [0.2, 0.25) is 0 Å². The lowest BCUT2D eigenvalue weighted by Gasteiger charge is -2.30. The monoisotopic (exact) mass is 187 g/mol. The van der Waals surface area contributed by atoms with Crippen LogP contribution in [0.1, 0.15) is 34.1 Å². The standard InChI is InChI=1S/C10H21NO2/c1-5-10(13)9(4)11(6-7-12)8(2)3/h8-9,12H,5-7H2,1-4H3. The van der Waals surface area contributed by atoms with Crippen molar-refractivity contribution < 1.29 is 9.90 Å². The number of aliphatic hydroxyl groups is 1. The van der Waals surface area contributed by atoms with E-state index in [1.54, 1.807) is 0 Å². The summed E-state index contributed by atoms with van der Waals surface area (Å²) in [6.45, 7) is 8.53. The Morgan fingerprint density at radius 2 is 1.92 bits per heavy atom. The molecule has 0 fully saturated rings. The van der Waals surface area contributed by atoms with Crippen molar-refractivity contribution in [2.75, 3.05) is 13.2 Å². The zero-order valence-corrected chi connectivity index (χ0v) is 9.08. The van der Waals surface area contributed by atoms with E-state index in [9.17, 15) is 4.79 Å². The zero-order valence-electron chi connectivity index (χ0n) is 9.08. The number of carbonyl (C=O) groups excluding carboxylic acids is 1. The number of hydrogen-bond donors (Lipinski definition) is 1. The van der Waals surface area contributed by atoms with E-state index in [0.717, 1.165) is 0 Å². The Kier molecular flexibility index (Phi) is 5.91. The number of Topliss-reactive ketones (excluding diaryl/α,β-unsaturated/α-hetero) is 1. The molecule has 0 radical (unpaired) electrons. The number of hydrogen-bond acceptors (Lipinski definition) is 3. The minimum absolute atomic E-state index is 0.0721.